The minimum atomic E-state index is -0.105. The van der Waals surface area contributed by atoms with E-state index in [0.717, 1.165) is 24.3 Å². The number of hydrogen-bond acceptors (Lipinski definition) is 3. The van der Waals surface area contributed by atoms with Gasteiger partial charge in [0.05, 0.1) is 0 Å². The van der Waals surface area contributed by atoms with Gasteiger partial charge in [0.1, 0.15) is 5.82 Å². The lowest BCUT2D eigenvalue weighted by Gasteiger charge is -2.39. The zero-order valence-electron chi connectivity index (χ0n) is 12.5. The molecule has 0 aliphatic carbocycles. The maximum Gasteiger partial charge on any atom is 0.123 e. The Hall–Kier alpha value is -0.580. The summed E-state index contributed by atoms with van der Waals surface area (Å²) in [7, 11) is 2.28. The lowest BCUT2D eigenvalue weighted by molar-refractivity contribution is 0.142. The van der Waals surface area contributed by atoms with E-state index in [2.05, 4.69) is 17.3 Å². The quantitative estimate of drug-likeness (QED) is 0.899. The van der Waals surface area contributed by atoms with Crippen molar-refractivity contribution in [3.8, 4) is 0 Å². The predicted molar refractivity (Wildman–Crippen MR) is 85.2 cm³/mol. The molecule has 3 heterocycles. The number of hydrogen-bond donors (Lipinski definition) is 1. The van der Waals surface area contributed by atoms with Gasteiger partial charge in [0.25, 0.3) is 0 Å². The van der Waals surface area contributed by atoms with Gasteiger partial charge in [-0.2, -0.15) is 0 Å². The Kier molecular flexibility index (Phi) is 3.72. The molecule has 2 nitrogen and oxygen atoms in total. The van der Waals surface area contributed by atoms with Gasteiger partial charge in [-0.15, -0.1) is 11.8 Å². The fourth-order valence-electron chi connectivity index (χ4n) is 4.37. The Morgan fingerprint density at radius 1 is 1.19 bits per heavy atom. The molecule has 21 heavy (non-hydrogen) atoms. The van der Waals surface area contributed by atoms with Crippen molar-refractivity contribution < 1.29 is 4.39 Å². The van der Waals surface area contributed by atoms with Crippen molar-refractivity contribution in [2.75, 3.05) is 12.8 Å². The first-order chi connectivity index (χ1) is 10.2. The topological polar surface area (TPSA) is 15.3 Å². The van der Waals surface area contributed by atoms with Crippen LogP contribution in [0.1, 0.15) is 43.7 Å². The molecule has 0 amide bonds. The van der Waals surface area contributed by atoms with Crippen molar-refractivity contribution in [1.29, 1.82) is 0 Å². The van der Waals surface area contributed by atoms with Crippen molar-refractivity contribution in [2.45, 2.75) is 61.2 Å². The second kappa shape index (κ2) is 5.56. The second-order valence-corrected chi connectivity index (χ2v) is 7.89. The van der Waals surface area contributed by atoms with Gasteiger partial charge in [-0.1, -0.05) is 0 Å². The van der Waals surface area contributed by atoms with Crippen LogP contribution in [0.3, 0.4) is 0 Å². The number of thioether (sulfide) groups is 1. The van der Waals surface area contributed by atoms with Gasteiger partial charge >= 0.3 is 0 Å². The third kappa shape index (κ3) is 2.62. The highest BCUT2D eigenvalue weighted by molar-refractivity contribution is 7.99. The van der Waals surface area contributed by atoms with Crippen LogP contribution >= 0.6 is 11.8 Å². The van der Waals surface area contributed by atoms with Crippen molar-refractivity contribution in [3.63, 3.8) is 0 Å². The highest BCUT2D eigenvalue weighted by Gasteiger charge is 2.39. The molecular weight excluding hydrogens is 283 g/mol. The fraction of sp³-hybridized carbons (Fsp3) is 0.647. The average molecular weight is 306 g/mol. The maximum absolute atomic E-state index is 13.6. The number of halogens is 1. The molecule has 2 fully saturated rings. The summed E-state index contributed by atoms with van der Waals surface area (Å²) in [6, 6.07) is 7.72. The Morgan fingerprint density at radius 2 is 1.95 bits per heavy atom. The number of fused-ring (bicyclic) bond motifs is 3. The first-order valence-electron chi connectivity index (χ1n) is 8.11. The predicted octanol–water partition coefficient (Wildman–Crippen LogP) is 3.58. The third-order valence-electron chi connectivity index (χ3n) is 5.55. The van der Waals surface area contributed by atoms with Crippen molar-refractivity contribution >= 4 is 11.8 Å². The molecule has 114 valence electrons. The number of benzene rings is 1. The van der Waals surface area contributed by atoms with Crippen LogP contribution < -0.4 is 5.32 Å². The smallest absolute Gasteiger partial charge is 0.123 e. The largest absolute Gasteiger partial charge is 0.307 e. The SMILES string of the molecule is CN1C2CCC1CC(NC1CCSc3ccc(F)cc31)C2. The van der Waals surface area contributed by atoms with Crippen molar-refractivity contribution in [3.05, 3.63) is 29.6 Å². The van der Waals surface area contributed by atoms with Gasteiger partial charge < -0.3 is 10.2 Å². The molecule has 0 saturated carbocycles. The van der Waals surface area contributed by atoms with Crippen LogP contribution in [0.15, 0.2) is 23.1 Å². The molecule has 0 aromatic heterocycles. The van der Waals surface area contributed by atoms with Crippen LogP contribution in [0.4, 0.5) is 4.39 Å². The van der Waals surface area contributed by atoms with E-state index in [1.54, 1.807) is 12.1 Å². The van der Waals surface area contributed by atoms with Gasteiger partial charge in [0.2, 0.25) is 0 Å². The molecular formula is C17H23FN2S. The van der Waals surface area contributed by atoms with E-state index in [9.17, 15) is 4.39 Å². The summed E-state index contributed by atoms with van der Waals surface area (Å²) in [5.41, 5.74) is 1.18. The monoisotopic (exact) mass is 306 g/mol. The number of piperidine rings is 1. The highest BCUT2D eigenvalue weighted by atomic mass is 32.2. The Balaban J connectivity index is 1.50. The maximum atomic E-state index is 13.6. The van der Waals surface area contributed by atoms with Crippen molar-refractivity contribution in [1.82, 2.24) is 10.2 Å². The minimum Gasteiger partial charge on any atom is -0.307 e. The van der Waals surface area contributed by atoms with E-state index >= 15 is 0 Å². The second-order valence-electron chi connectivity index (χ2n) is 6.76. The molecule has 1 aromatic rings. The molecule has 1 N–H and O–H groups in total. The molecule has 1 aromatic carbocycles. The Bertz CT molecular complexity index is 522. The van der Waals surface area contributed by atoms with Gasteiger partial charge in [-0.3, -0.25) is 0 Å². The van der Waals surface area contributed by atoms with E-state index in [0.29, 0.717) is 12.1 Å². The van der Waals surface area contributed by atoms with E-state index in [1.807, 2.05) is 17.8 Å². The Morgan fingerprint density at radius 3 is 2.71 bits per heavy atom. The summed E-state index contributed by atoms with van der Waals surface area (Å²) in [5.74, 6) is 1.03. The lowest BCUT2D eigenvalue weighted by Crippen LogP contribution is -2.48. The summed E-state index contributed by atoms with van der Waals surface area (Å²) in [6.07, 6.45) is 6.32. The van der Waals surface area contributed by atoms with Crippen LogP contribution in [-0.2, 0) is 0 Å². The molecule has 2 bridgehead atoms. The van der Waals surface area contributed by atoms with E-state index in [4.69, 9.17) is 0 Å². The van der Waals surface area contributed by atoms with Gasteiger partial charge in [0.15, 0.2) is 0 Å². The lowest BCUT2D eigenvalue weighted by atomic mass is 9.95. The standard InChI is InChI=1S/C17H23FN2S/c1-20-13-3-4-14(20)10-12(9-13)19-16-6-7-21-17-5-2-11(18)8-15(16)17/h2,5,8,12-14,16,19H,3-4,6-7,9-10H2,1H3. The normalized spacial score (nSPS) is 35.7. The summed E-state index contributed by atoms with van der Waals surface area (Å²) >= 11 is 1.86. The van der Waals surface area contributed by atoms with E-state index in [1.165, 1.54) is 36.1 Å². The molecule has 0 spiro atoms. The summed E-state index contributed by atoms with van der Waals surface area (Å²) < 4.78 is 13.6. The molecule has 3 atom stereocenters. The minimum absolute atomic E-state index is 0.105. The zero-order chi connectivity index (χ0) is 14.4. The highest BCUT2D eigenvalue weighted by Crippen LogP contribution is 2.39. The van der Waals surface area contributed by atoms with Crippen LogP contribution in [0.5, 0.6) is 0 Å². The Labute approximate surface area is 130 Å². The van der Waals surface area contributed by atoms with Gasteiger partial charge in [-0.25, -0.2) is 4.39 Å². The van der Waals surface area contributed by atoms with Crippen molar-refractivity contribution in [2.24, 2.45) is 0 Å². The fourth-order valence-corrected chi connectivity index (χ4v) is 5.48. The molecule has 4 rings (SSSR count). The first kappa shape index (κ1) is 14.0. The zero-order valence-corrected chi connectivity index (χ0v) is 13.3. The number of rotatable bonds is 2. The molecule has 4 heteroatoms. The molecule has 3 aliphatic rings. The van der Waals surface area contributed by atoms with E-state index in [-0.39, 0.29) is 5.82 Å². The summed E-state index contributed by atoms with van der Waals surface area (Å²) in [6.45, 7) is 0. The van der Waals surface area contributed by atoms with Gasteiger partial charge in [-0.05, 0) is 68.7 Å². The number of nitrogens with one attached hydrogen (secondary N) is 1. The van der Waals surface area contributed by atoms with E-state index < -0.39 is 0 Å². The summed E-state index contributed by atoms with van der Waals surface area (Å²) in [4.78, 5) is 3.83. The van der Waals surface area contributed by atoms with Crippen LogP contribution in [-0.4, -0.2) is 35.8 Å². The molecule has 0 radical (unpaired) electrons. The average Bonchev–Trinajstić information content (AvgIpc) is 2.71. The molecule has 2 saturated heterocycles. The van der Waals surface area contributed by atoms with Crippen LogP contribution in [0.2, 0.25) is 0 Å². The molecule has 3 unspecified atom stereocenters. The third-order valence-corrected chi connectivity index (χ3v) is 6.67. The molecule has 3 aliphatic heterocycles. The first-order valence-corrected chi connectivity index (χ1v) is 9.09. The number of nitrogens with zero attached hydrogens (tertiary/aromatic N) is 1. The van der Waals surface area contributed by atoms with Crippen LogP contribution in [0.25, 0.3) is 0 Å². The van der Waals surface area contributed by atoms with Crippen LogP contribution in [0, 0.1) is 5.82 Å². The van der Waals surface area contributed by atoms with Gasteiger partial charge in [0, 0.05) is 29.1 Å². The summed E-state index contributed by atoms with van der Waals surface area (Å²) in [5, 5.41) is 3.86.